The van der Waals surface area contributed by atoms with Crippen LogP contribution < -0.4 is 10.5 Å². The van der Waals surface area contributed by atoms with E-state index in [0.29, 0.717) is 10.5 Å². The normalized spacial score (nSPS) is 9.64. The van der Waals surface area contributed by atoms with Crippen LogP contribution in [0.4, 0.5) is 5.82 Å². The van der Waals surface area contributed by atoms with E-state index >= 15 is 0 Å². The largest absolute Gasteiger partial charge is 0.423 e. The first kappa shape index (κ1) is 7.65. The summed E-state index contributed by atoms with van der Waals surface area (Å²) >= 11 is 0. The Balaban J connectivity index is 3.28. The molecule has 4 heteroatoms. The minimum atomic E-state index is -0.420. The molecule has 11 heavy (non-hydrogen) atoms. The highest BCUT2D eigenvalue weighted by Crippen LogP contribution is 2.03. The van der Waals surface area contributed by atoms with E-state index in [1.54, 1.807) is 31.1 Å². The van der Waals surface area contributed by atoms with Crippen molar-refractivity contribution in [2.75, 3.05) is 19.0 Å². The van der Waals surface area contributed by atoms with Gasteiger partial charge in [-0.3, -0.25) is 4.79 Å². The molecular weight excluding hydrogens is 144 g/mol. The molecule has 0 atom stereocenters. The Bertz CT molecular complexity index is 304. The highest BCUT2D eigenvalue weighted by molar-refractivity contribution is 5.35. The second kappa shape index (κ2) is 2.65. The predicted molar refractivity (Wildman–Crippen MR) is 42.2 cm³/mol. The lowest BCUT2D eigenvalue weighted by molar-refractivity contribution is 0.178. The van der Waals surface area contributed by atoms with Crippen LogP contribution in [0, 0.1) is 0 Å². The second-order valence-electron chi connectivity index (χ2n) is 2.43. The fraction of sp³-hybridized carbons (Fsp3) is 0.286. The van der Waals surface area contributed by atoms with Crippen LogP contribution in [0.15, 0.2) is 23.0 Å². The smallest absolute Gasteiger partial charge is 0.284 e. The number of anilines is 1. The Labute approximate surface area is 64.3 Å². The van der Waals surface area contributed by atoms with E-state index in [2.05, 4.69) is 0 Å². The number of hydrogen-bond donors (Lipinski definition) is 1. The lowest BCUT2D eigenvalue weighted by Gasteiger charge is -2.13. The lowest BCUT2D eigenvalue weighted by Crippen LogP contribution is -2.23. The summed E-state index contributed by atoms with van der Waals surface area (Å²) in [6.07, 6.45) is 0. The molecule has 1 rings (SSSR count). The van der Waals surface area contributed by atoms with Gasteiger partial charge in [0.2, 0.25) is 0 Å². The van der Waals surface area contributed by atoms with Crippen molar-refractivity contribution in [1.29, 1.82) is 0 Å². The number of pyridine rings is 1. The van der Waals surface area contributed by atoms with Crippen molar-refractivity contribution < 1.29 is 5.21 Å². The predicted octanol–water partition coefficient (Wildman–Crippen LogP) is 0.152. The van der Waals surface area contributed by atoms with E-state index in [9.17, 15) is 4.79 Å². The number of aromatic nitrogens is 1. The maximum atomic E-state index is 10.8. The molecule has 0 unspecified atom stereocenters. The average Bonchev–Trinajstić information content (AvgIpc) is 1.94. The third-order valence-corrected chi connectivity index (χ3v) is 1.37. The Morgan fingerprint density at radius 2 is 2.09 bits per heavy atom. The zero-order valence-electron chi connectivity index (χ0n) is 6.48. The summed E-state index contributed by atoms with van der Waals surface area (Å²) in [6, 6.07) is 4.55. The van der Waals surface area contributed by atoms with E-state index in [4.69, 9.17) is 5.21 Å². The van der Waals surface area contributed by atoms with Gasteiger partial charge in [0, 0.05) is 20.2 Å². The molecule has 1 N–H and O–H groups in total. The Hall–Kier alpha value is -1.45. The summed E-state index contributed by atoms with van der Waals surface area (Å²) in [6.45, 7) is 0. The third-order valence-electron chi connectivity index (χ3n) is 1.37. The highest BCUT2D eigenvalue weighted by Gasteiger charge is 2.01. The molecule has 0 aliphatic heterocycles. The fourth-order valence-electron chi connectivity index (χ4n) is 0.809. The molecule has 1 aromatic rings. The van der Waals surface area contributed by atoms with Crippen LogP contribution in [0.3, 0.4) is 0 Å². The fourth-order valence-corrected chi connectivity index (χ4v) is 0.809. The molecule has 0 fully saturated rings. The van der Waals surface area contributed by atoms with Gasteiger partial charge in [0.1, 0.15) is 5.82 Å². The number of rotatable bonds is 1. The molecule has 0 aliphatic rings. The van der Waals surface area contributed by atoms with Crippen molar-refractivity contribution in [1.82, 2.24) is 4.73 Å². The van der Waals surface area contributed by atoms with Gasteiger partial charge in [-0.05, 0) is 6.07 Å². The third kappa shape index (κ3) is 1.34. The molecule has 0 saturated heterocycles. The van der Waals surface area contributed by atoms with Gasteiger partial charge in [-0.2, -0.15) is 0 Å². The van der Waals surface area contributed by atoms with Crippen molar-refractivity contribution in [2.45, 2.75) is 0 Å². The summed E-state index contributed by atoms with van der Waals surface area (Å²) in [5.74, 6) is 0.470. The Morgan fingerprint density at radius 3 is 2.55 bits per heavy atom. The van der Waals surface area contributed by atoms with Gasteiger partial charge < -0.3 is 10.1 Å². The van der Waals surface area contributed by atoms with Gasteiger partial charge in [-0.15, -0.1) is 4.73 Å². The van der Waals surface area contributed by atoms with Gasteiger partial charge in [0.15, 0.2) is 0 Å². The first-order chi connectivity index (χ1) is 5.13. The molecule has 0 radical (unpaired) electrons. The quantitative estimate of drug-likeness (QED) is 0.586. The van der Waals surface area contributed by atoms with Crippen LogP contribution in [0.2, 0.25) is 0 Å². The molecule has 0 bridgehead atoms. The number of hydrogen-bond acceptors (Lipinski definition) is 3. The molecule has 0 spiro atoms. The monoisotopic (exact) mass is 154 g/mol. The van der Waals surface area contributed by atoms with E-state index < -0.39 is 5.56 Å². The van der Waals surface area contributed by atoms with Crippen molar-refractivity contribution in [3.05, 3.63) is 28.6 Å². The second-order valence-corrected chi connectivity index (χ2v) is 2.43. The maximum absolute atomic E-state index is 10.8. The SMILES string of the molecule is CN(C)c1cccc(=O)n1O. The van der Waals surface area contributed by atoms with Gasteiger partial charge in [-0.25, -0.2) is 0 Å². The van der Waals surface area contributed by atoms with Gasteiger partial charge >= 0.3 is 0 Å². The average molecular weight is 154 g/mol. The summed E-state index contributed by atoms with van der Waals surface area (Å²) in [4.78, 5) is 12.5. The first-order valence-electron chi connectivity index (χ1n) is 3.21. The first-order valence-corrected chi connectivity index (χ1v) is 3.21. The summed E-state index contributed by atoms with van der Waals surface area (Å²) in [5.41, 5.74) is -0.420. The van der Waals surface area contributed by atoms with Crippen LogP contribution >= 0.6 is 0 Å². The standard InChI is InChI=1S/C7H10N2O2/c1-8(2)6-4-3-5-7(10)9(6)11/h3-5,11H,1-2H3. The summed E-state index contributed by atoms with van der Waals surface area (Å²) in [7, 11) is 3.50. The van der Waals surface area contributed by atoms with E-state index in [1.165, 1.54) is 6.07 Å². The van der Waals surface area contributed by atoms with Gasteiger partial charge in [0.05, 0.1) is 0 Å². The van der Waals surface area contributed by atoms with Crippen molar-refractivity contribution in [2.24, 2.45) is 0 Å². The van der Waals surface area contributed by atoms with Gasteiger partial charge in [0.25, 0.3) is 5.56 Å². The summed E-state index contributed by atoms with van der Waals surface area (Å²) < 4.78 is 0.611. The van der Waals surface area contributed by atoms with E-state index in [0.717, 1.165) is 0 Å². The van der Waals surface area contributed by atoms with Crippen LogP contribution in [-0.2, 0) is 0 Å². The Morgan fingerprint density at radius 1 is 1.45 bits per heavy atom. The molecule has 0 aliphatic carbocycles. The molecule has 1 aromatic heterocycles. The molecule has 0 aromatic carbocycles. The molecule has 0 saturated carbocycles. The lowest BCUT2D eigenvalue weighted by atomic mass is 10.4. The highest BCUT2D eigenvalue weighted by atomic mass is 16.5. The van der Waals surface area contributed by atoms with Crippen molar-refractivity contribution in [3.63, 3.8) is 0 Å². The zero-order chi connectivity index (χ0) is 8.43. The summed E-state index contributed by atoms with van der Waals surface area (Å²) in [5, 5.41) is 9.13. The van der Waals surface area contributed by atoms with Crippen LogP contribution in [0.1, 0.15) is 0 Å². The van der Waals surface area contributed by atoms with Crippen LogP contribution in [-0.4, -0.2) is 24.0 Å². The number of nitrogens with zero attached hydrogens (tertiary/aromatic N) is 2. The Kier molecular flexibility index (Phi) is 1.85. The van der Waals surface area contributed by atoms with Crippen molar-refractivity contribution in [3.8, 4) is 0 Å². The van der Waals surface area contributed by atoms with Gasteiger partial charge in [-0.1, -0.05) is 6.07 Å². The molecule has 0 amide bonds. The molecular formula is C7H10N2O2. The topological polar surface area (TPSA) is 45.5 Å². The minimum absolute atomic E-state index is 0.420. The van der Waals surface area contributed by atoms with Crippen molar-refractivity contribution >= 4 is 5.82 Å². The molecule has 60 valence electrons. The zero-order valence-corrected chi connectivity index (χ0v) is 6.48. The van der Waals surface area contributed by atoms with E-state index in [1.807, 2.05) is 0 Å². The maximum Gasteiger partial charge on any atom is 0.284 e. The van der Waals surface area contributed by atoms with Crippen LogP contribution in [0.25, 0.3) is 0 Å². The van der Waals surface area contributed by atoms with Crippen LogP contribution in [0.5, 0.6) is 0 Å². The minimum Gasteiger partial charge on any atom is -0.423 e. The van der Waals surface area contributed by atoms with E-state index in [-0.39, 0.29) is 0 Å². The molecule has 4 nitrogen and oxygen atoms in total. The molecule has 1 heterocycles.